The molecule has 1 saturated heterocycles. The fourth-order valence-corrected chi connectivity index (χ4v) is 2.89. The summed E-state index contributed by atoms with van der Waals surface area (Å²) in [6.07, 6.45) is 3.72. The third kappa shape index (κ3) is 7.94. The summed E-state index contributed by atoms with van der Waals surface area (Å²) in [7, 11) is 0. The van der Waals surface area contributed by atoms with Gasteiger partial charge in [0.15, 0.2) is 11.7 Å². The van der Waals surface area contributed by atoms with Crippen molar-refractivity contribution in [1.82, 2.24) is 15.5 Å². The predicted octanol–water partition coefficient (Wildman–Crippen LogP) is 2.17. The van der Waals surface area contributed by atoms with Crippen LogP contribution in [0.25, 0.3) is 0 Å². The first-order valence-corrected chi connectivity index (χ1v) is 9.21. The zero-order valence-electron chi connectivity index (χ0n) is 15.8. The molecule has 0 atom stereocenters. The summed E-state index contributed by atoms with van der Waals surface area (Å²) >= 11 is 0. The minimum Gasteiger partial charge on any atom is -0.454 e. The van der Waals surface area contributed by atoms with Gasteiger partial charge in [0.2, 0.25) is 0 Å². The summed E-state index contributed by atoms with van der Waals surface area (Å²) < 4.78 is 5.34. The van der Waals surface area contributed by atoms with Crippen molar-refractivity contribution in [2.75, 3.05) is 32.7 Å². The molecule has 4 N–H and O–H groups in total. The van der Waals surface area contributed by atoms with E-state index >= 15 is 0 Å². The van der Waals surface area contributed by atoms with E-state index in [0.29, 0.717) is 12.3 Å². The van der Waals surface area contributed by atoms with Crippen molar-refractivity contribution in [3.05, 3.63) is 23.7 Å². The highest BCUT2D eigenvalue weighted by atomic mass is 127. The first kappa shape index (κ1) is 22.8. The van der Waals surface area contributed by atoms with E-state index in [-0.39, 0.29) is 29.7 Å². The Kier molecular flexibility index (Phi) is 10.6. The molecule has 1 amide bonds. The first-order valence-electron chi connectivity index (χ1n) is 9.21. The molecule has 7 nitrogen and oxygen atoms in total. The van der Waals surface area contributed by atoms with E-state index in [9.17, 15) is 4.79 Å². The molecule has 1 aromatic heterocycles. The number of piperidine rings is 1. The highest BCUT2D eigenvalue weighted by molar-refractivity contribution is 14.0. The smallest absolute Gasteiger partial charge is 0.284 e. The van der Waals surface area contributed by atoms with E-state index in [0.717, 1.165) is 37.9 Å². The Hall–Kier alpha value is -1.29. The number of nitrogens with zero attached hydrogens (tertiary/aromatic N) is 2. The lowest BCUT2D eigenvalue weighted by Gasteiger charge is -2.30. The second kappa shape index (κ2) is 12.2. The molecule has 0 bridgehead atoms. The summed E-state index contributed by atoms with van der Waals surface area (Å²) in [4.78, 5) is 18.1. The van der Waals surface area contributed by atoms with Crippen molar-refractivity contribution in [2.45, 2.75) is 39.7 Å². The van der Waals surface area contributed by atoms with Crippen LogP contribution in [0.15, 0.2) is 21.5 Å². The van der Waals surface area contributed by atoms with Gasteiger partial charge in [-0.25, -0.2) is 4.99 Å². The fourth-order valence-electron chi connectivity index (χ4n) is 2.89. The third-order valence-electron chi connectivity index (χ3n) is 4.46. The number of aliphatic imine (C=N–C) groups is 1. The number of guanidine groups is 1. The summed E-state index contributed by atoms with van der Waals surface area (Å²) in [6.45, 7) is 9.97. The Bertz CT molecular complexity index is 568. The molecule has 8 heteroatoms. The lowest BCUT2D eigenvalue weighted by Crippen LogP contribution is -2.39. The van der Waals surface area contributed by atoms with Crippen LogP contribution >= 0.6 is 24.0 Å². The molecule has 148 valence electrons. The molecule has 26 heavy (non-hydrogen) atoms. The summed E-state index contributed by atoms with van der Waals surface area (Å²) in [5.74, 6) is 1.85. The van der Waals surface area contributed by atoms with Gasteiger partial charge in [-0.1, -0.05) is 6.92 Å². The summed E-state index contributed by atoms with van der Waals surface area (Å²) in [5.41, 5.74) is 5.18. The topological polar surface area (TPSA) is 95.9 Å². The standard InChI is InChI=1S/C18H31N5O2.HI/c1-3-20-18(22-13-15-5-6-16(25-15)17(19)24)21-9-4-10-23-11-7-14(2)8-12-23;/h5-6,14H,3-4,7-13H2,1-2H3,(H2,19,24)(H2,20,21,22);1H. The second-order valence-corrected chi connectivity index (χ2v) is 6.63. The number of primary amides is 1. The first-order chi connectivity index (χ1) is 12.1. The van der Waals surface area contributed by atoms with Gasteiger partial charge in [0.1, 0.15) is 12.3 Å². The molecule has 1 fully saturated rings. The number of carbonyl (C=O) groups is 1. The molecule has 1 aliphatic rings. The minimum atomic E-state index is -0.563. The molecule has 1 aliphatic heterocycles. The predicted molar refractivity (Wildman–Crippen MR) is 115 cm³/mol. The molecule has 0 saturated carbocycles. The second-order valence-electron chi connectivity index (χ2n) is 6.63. The van der Waals surface area contributed by atoms with Crippen molar-refractivity contribution in [3.63, 3.8) is 0 Å². The monoisotopic (exact) mass is 477 g/mol. The van der Waals surface area contributed by atoms with Crippen LogP contribution < -0.4 is 16.4 Å². The summed E-state index contributed by atoms with van der Waals surface area (Å²) in [6, 6.07) is 3.30. The number of hydrogen-bond acceptors (Lipinski definition) is 4. The van der Waals surface area contributed by atoms with Crippen LogP contribution in [0.1, 0.15) is 49.4 Å². The van der Waals surface area contributed by atoms with E-state index in [2.05, 4.69) is 27.4 Å². The number of hydrogen-bond donors (Lipinski definition) is 3. The SMILES string of the molecule is CCNC(=NCc1ccc(C(N)=O)o1)NCCCN1CCC(C)CC1.I. The average molecular weight is 477 g/mol. The highest BCUT2D eigenvalue weighted by Crippen LogP contribution is 2.15. The highest BCUT2D eigenvalue weighted by Gasteiger charge is 2.14. The Morgan fingerprint density at radius 2 is 2.08 bits per heavy atom. The van der Waals surface area contributed by atoms with Crippen molar-refractivity contribution in [3.8, 4) is 0 Å². The largest absolute Gasteiger partial charge is 0.454 e. The number of carbonyl (C=O) groups excluding carboxylic acids is 1. The zero-order valence-corrected chi connectivity index (χ0v) is 18.1. The van der Waals surface area contributed by atoms with Crippen molar-refractivity contribution in [1.29, 1.82) is 0 Å². The molecule has 2 rings (SSSR count). The van der Waals surface area contributed by atoms with Gasteiger partial charge in [-0.2, -0.15) is 0 Å². The maximum atomic E-state index is 11.0. The Morgan fingerprint density at radius 3 is 2.69 bits per heavy atom. The number of halogens is 1. The molecule has 0 spiro atoms. The molecular weight excluding hydrogens is 445 g/mol. The molecule has 0 radical (unpaired) electrons. The molecule has 0 aromatic carbocycles. The third-order valence-corrected chi connectivity index (χ3v) is 4.46. The quantitative estimate of drug-likeness (QED) is 0.231. The van der Waals surface area contributed by atoms with Crippen LogP contribution in [0.2, 0.25) is 0 Å². The number of rotatable bonds is 8. The van der Waals surface area contributed by atoms with Gasteiger partial charge in [0.25, 0.3) is 5.91 Å². The Balaban J connectivity index is 0.00000338. The van der Waals surface area contributed by atoms with E-state index in [1.807, 2.05) is 6.92 Å². The van der Waals surface area contributed by atoms with Gasteiger partial charge < -0.3 is 25.7 Å². The maximum Gasteiger partial charge on any atom is 0.284 e. The number of amides is 1. The van der Waals surface area contributed by atoms with Crippen molar-refractivity contribution in [2.24, 2.45) is 16.6 Å². The molecule has 2 heterocycles. The molecular formula is C18H32IN5O2. The van der Waals surface area contributed by atoms with Gasteiger partial charge in [-0.15, -0.1) is 24.0 Å². The summed E-state index contributed by atoms with van der Waals surface area (Å²) in [5, 5.41) is 6.57. The number of nitrogens with two attached hydrogens (primary N) is 1. The van der Waals surface area contributed by atoms with Crippen LogP contribution in [-0.4, -0.2) is 49.5 Å². The lowest BCUT2D eigenvalue weighted by atomic mass is 9.99. The van der Waals surface area contributed by atoms with Crippen LogP contribution in [0, 0.1) is 5.92 Å². The fraction of sp³-hybridized carbons (Fsp3) is 0.667. The van der Waals surface area contributed by atoms with Crippen LogP contribution in [0.5, 0.6) is 0 Å². The van der Waals surface area contributed by atoms with E-state index in [1.54, 1.807) is 12.1 Å². The molecule has 0 unspecified atom stereocenters. The van der Waals surface area contributed by atoms with Gasteiger partial charge >= 0.3 is 0 Å². The maximum absolute atomic E-state index is 11.0. The van der Waals surface area contributed by atoms with E-state index in [4.69, 9.17) is 10.2 Å². The van der Waals surface area contributed by atoms with Crippen LogP contribution in [-0.2, 0) is 6.54 Å². The lowest BCUT2D eigenvalue weighted by molar-refractivity contribution is 0.0972. The number of likely N-dealkylation sites (tertiary alicyclic amines) is 1. The van der Waals surface area contributed by atoms with Gasteiger partial charge in [-0.3, -0.25) is 4.79 Å². The Morgan fingerprint density at radius 1 is 1.35 bits per heavy atom. The van der Waals surface area contributed by atoms with E-state index in [1.165, 1.54) is 25.9 Å². The average Bonchev–Trinajstić information content (AvgIpc) is 3.07. The Labute approximate surface area is 173 Å². The minimum absolute atomic E-state index is 0. The van der Waals surface area contributed by atoms with Crippen molar-refractivity contribution >= 4 is 35.8 Å². The van der Waals surface area contributed by atoms with Crippen LogP contribution in [0.4, 0.5) is 0 Å². The normalized spacial score (nSPS) is 16.2. The van der Waals surface area contributed by atoms with E-state index < -0.39 is 5.91 Å². The van der Waals surface area contributed by atoms with Crippen molar-refractivity contribution < 1.29 is 9.21 Å². The molecule has 1 aromatic rings. The number of furan rings is 1. The number of nitrogens with one attached hydrogen (secondary N) is 2. The van der Waals surface area contributed by atoms with Gasteiger partial charge in [-0.05, 0) is 63.9 Å². The molecule has 0 aliphatic carbocycles. The van der Waals surface area contributed by atoms with Gasteiger partial charge in [0.05, 0.1) is 0 Å². The van der Waals surface area contributed by atoms with Gasteiger partial charge in [0, 0.05) is 13.1 Å². The zero-order chi connectivity index (χ0) is 18.1. The van der Waals surface area contributed by atoms with Crippen LogP contribution in [0.3, 0.4) is 0 Å².